The lowest BCUT2D eigenvalue weighted by atomic mass is 9.95. The molecule has 2 amide bonds. The minimum atomic E-state index is -0.964. The number of rotatable bonds is 8. The quantitative estimate of drug-likeness (QED) is 0.214. The number of aromatic nitrogens is 2. The molecule has 2 aromatic carbocycles. The lowest BCUT2D eigenvalue weighted by Gasteiger charge is -2.30. The Morgan fingerprint density at radius 1 is 1.19 bits per heavy atom. The summed E-state index contributed by atoms with van der Waals surface area (Å²) in [5.41, 5.74) is -0.704. The average Bonchev–Trinajstić information content (AvgIpc) is 3.68. The van der Waals surface area contributed by atoms with E-state index in [1.807, 2.05) is 0 Å². The number of carbonyl (C=O) groups is 2. The van der Waals surface area contributed by atoms with Gasteiger partial charge in [-0.15, -0.1) is 6.42 Å². The van der Waals surface area contributed by atoms with Crippen LogP contribution in [-0.4, -0.2) is 81.2 Å². The number of ether oxygens (including phenoxy) is 1. The predicted molar refractivity (Wildman–Crippen MR) is 168 cm³/mol. The Morgan fingerprint density at radius 2 is 1.98 bits per heavy atom. The first-order valence-electron chi connectivity index (χ1n) is 15.5. The third-order valence-corrected chi connectivity index (χ3v) is 9.44. The van der Waals surface area contributed by atoms with Gasteiger partial charge in [-0.25, -0.2) is 13.6 Å². The van der Waals surface area contributed by atoms with E-state index in [1.54, 1.807) is 6.92 Å². The second-order valence-corrected chi connectivity index (χ2v) is 12.3. The molecule has 4 aromatic rings. The number of aromatic hydroxyl groups is 1. The van der Waals surface area contributed by atoms with E-state index in [-0.39, 0.29) is 95.1 Å². The second kappa shape index (κ2) is 11.6. The molecule has 0 bridgehead atoms. The van der Waals surface area contributed by atoms with E-state index in [2.05, 4.69) is 26.1 Å². The maximum atomic E-state index is 14.8. The highest BCUT2D eigenvalue weighted by atomic mass is 19.1. The Kier molecular flexibility index (Phi) is 7.55. The molecule has 3 fully saturated rings. The van der Waals surface area contributed by atoms with Crippen LogP contribution in [0.5, 0.6) is 11.8 Å². The minimum Gasteiger partial charge on any atom is -0.508 e. The van der Waals surface area contributed by atoms with Crippen molar-refractivity contribution in [3.05, 3.63) is 51.6 Å². The van der Waals surface area contributed by atoms with Crippen LogP contribution >= 0.6 is 0 Å². The maximum absolute atomic E-state index is 14.8. The number of halogens is 2. The van der Waals surface area contributed by atoms with Gasteiger partial charge in [-0.2, -0.15) is 9.97 Å². The van der Waals surface area contributed by atoms with Crippen LogP contribution in [-0.2, 0) is 9.59 Å². The molecule has 2 aromatic heterocycles. The third-order valence-electron chi connectivity index (χ3n) is 9.44. The van der Waals surface area contributed by atoms with Crippen LogP contribution in [0.1, 0.15) is 43.2 Å². The molecule has 47 heavy (non-hydrogen) atoms. The molecule has 2 N–H and O–H groups in total. The number of benzene rings is 2. The molecule has 0 radical (unpaired) electrons. The zero-order chi connectivity index (χ0) is 33.0. The van der Waals surface area contributed by atoms with Crippen LogP contribution < -0.4 is 15.7 Å². The number of imide groups is 1. The summed E-state index contributed by atoms with van der Waals surface area (Å²) in [6, 6.07) is 5.35. The molecule has 7 rings (SSSR count). The highest BCUT2D eigenvalue weighted by molar-refractivity contribution is 6.03. The fourth-order valence-electron chi connectivity index (χ4n) is 7.23. The monoisotopic (exact) mass is 643 g/mol. The topological polar surface area (TPSA) is 138 Å². The molecular formula is C34H31F2N5O6. The zero-order valence-electron chi connectivity index (χ0n) is 25.6. The molecule has 0 spiro atoms. The number of nitrogens with one attached hydrogen (secondary N) is 1. The Hall–Kier alpha value is -5.09. The van der Waals surface area contributed by atoms with Crippen LogP contribution in [0.3, 0.4) is 0 Å². The number of fused-ring (bicyclic) bond motifs is 3. The lowest BCUT2D eigenvalue weighted by Crippen LogP contribution is -2.43. The summed E-state index contributed by atoms with van der Waals surface area (Å²) >= 11 is 0. The Balaban J connectivity index is 1.34. The van der Waals surface area contributed by atoms with Crippen LogP contribution in [0.15, 0.2) is 33.5 Å². The van der Waals surface area contributed by atoms with Crippen molar-refractivity contribution >= 4 is 39.3 Å². The molecule has 3 saturated heterocycles. The van der Waals surface area contributed by atoms with Gasteiger partial charge < -0.3 is 19.6 Å². The van der Waals surface area contributed by atoms with Crippen molar-refractivity contribution in [2.24, 2.45) is 0 Å². The van der Waals surface area contributed by atoms with Crippen molar-refractivity contribution in [3.63, 3.8) is 0 Å². The molecule has 3 aliphatic heterocycles. The average molecular weight is 644 g/mol. The van der Waals surface area contributed by atoms with Gasteiger partial charge in [0.05, 0.1) is 16.6 Å². The van der Waals surface area contributed by atoms with Crippen molar-refractivity contribution < 1.29 is 32.6 Å². The van der Waals surface area contributed by atoms with E-state index in [9.17, 15) is 28.3 Å². The molecule has 2 atom stereocenters. The van der Waals surface area contributed by atoms with Crippen LogP contribution in [0.4, 0.5) is 14.6 Å². The Bertz CT molecular complexity index is 2060. The highest BCUT2D eigenvalue weighted by Gasteiger charge is 2.49. The summed E-state index contributed by atoms with van der Waals surface area (Å²) in [5, 5.41) is 14.3. The largest absolute Gasteiger partial charge is 0.508 e. The van der Waals surface area contributed by atoms with Gasteiger partial charge in [-0.3, -0.25) is 19.4 Å². The van der Waals surface area contributed by atoms with E-state index in [1.165, 1.54) is 24.3 Å². The number of carbonyl (C=O) groups excluding carboxylic acids is 2. The molecule has 0 aliphatic carbocycles. The number of hydrogen-bond donors (Lipinski definition) is 2. The number of anilines is 1. The van der Waals surface area contributed by atoms with Gasteiger partial charge in [0.15, 0.2) is 0 Å². The molecule has 0 unspecified atom stereocenters. The van der Waals surface area contributed by atoms with Gasteiger partial charge in [-0.05, 0) is 49.9 Å². The minimum absolute atomic E-state index is 0.00554. The summed E-state index contributed by atoms with van der Waals surface area (Å²) in [6.07, 6.45) is 7.00. The number of nitrogens with zero attached hydrogens (tertiary/aromatic N) is 4. The number of aryl methyl sites for hydroxylation is 1. The number of terminal acetylenes is 1. The number of amides is 2. The zero-order valence-corrected chi connectivity index (χ0v) is 25.6. The fraction of sp³-hybridized carbons (Fsp3) is 0.382. The van der Waals surface area contributed by atoms with Crippen LogP contribution in [0.2, 0.25) is 0 Å². The van der Waals surface area contributed by atoms with Gasteiger partial charge in [0, 0.05) is 55.4 Å². The van der Waals surface area contributed by atoms with Crippen molar-refractivity contribution in [1.82, 2.24) is 19.8 Å². The van der Waals surface area contributed by atoms with Crippen LogP contribution in [0.25, 0.3) is 33.0 Å². The standard InChI is InChI=1S/C34H31F2N5O6/c1-3-22-24(36)6-5-19-13-21(42)14-23(27(19)22)30-18(2)29-28(32(45)47-30)31(37-10-12-41-25(43)7-8-26(41)44)39-33(38-29)46-17-34-9-4-11-40(34)16-20(35)15-34/h1,5-6,13-14,20,42H,4,7-12,15-17H2,2H3,(H,37,38,39)/t20-,34+/m1/s1. The van der Waals surface area contributed by atoms with Crippen molar-refractivity contribution in [3.8, 4) is 35.4 Å². The molecule has 242 valence electrons. The number of alkyl halides is 1. The Labute approximate surface area is 267 Å². The first-order valence-corrected chi connectivity index (χ1v) is 15.5. The van der Waals surface area contributed by atoms with E-state index >= 15 is 0 Å². The van der Waals surface area contributed by atoms with Crippen molar-refractivity contribution in [2.45, 2.75) is 50.7 Å². The van der Waals surface area contributed by atoms with E-state index in [0.717, 1.165) is 24.3 Å². The van der Waals surface area contributed by atoms with Crippen molar-refractivity contribution in [2.75, 3.05) is 38.1 Å². The molecule has 11 nitrogen and oxygen atoms in total. The first-order chi connectivity index (χ1) is 22.6. The number of phenols is 1. The first kappa shape index (κ1) is 30.6. The molecular weight excluding hydrogens is 612 g/mol. The highest BCUT2D eigenvalue weighted by Crippen LogP contribution is 2.41. The summed E-state index contributed by atoms with van der Waals surface area (Å²) < 4.78 is 41.3. The van der Waals surface area contributed by atoms with Gasteiger partial charge >= 0.3 is 11.6 Å². The summed E-state index contributed by atoms with van der Waals surface area (Å²) in [5.74, 6) is 1.04. The number of hydrogen-bond acceptors (Lipinski definition) is 10. The van der Waals surface area contributed by atoms with Gasteiger partial charge in [0.2, 0.25) is 11.8 Å². The summed E-state index contributed by atoms with van der Waals surface area (Å²) in [6.45, 7) is 3.01. The maximum Gasteiger partial charge on any atom is 0.349 e. The lowest BCUT2D eigenvalue weighted by molar-refractivity contribution is -0.138. The van der Waals surface area contributed by atoms with E-state index in [0.29, 0.717) is 23.9 Å². The van der Waals surface area contributed by atoms with Gasteiger partial charge in [0.1, 0.15) is 41.3 Å². The van der Waals surface area contributed by atoms with Crippen LogP contribution in [0, 0.1) is 25.1 Å². The summed E-state index contributed by atoms with van der Waals surface area (Å²) in [4.78, 5) is 50.3. The van der Waals surface area contributed by atoms with E-state index in [4.69, 9.17) is 15.6 Å². The smallest absolute Gasteiger partial charge is 0.349 e. The Morgan fingerprint density at radius 3 is 2.74 bits per heavy atom. The SMILES string of the molecule is C#Cc1c(F)ccc2cc(O)cc(-c3oc(=O)c4c(NCCN5C(=O)CCC5=O)nc(OC[C@@]56CCCN5C[C@H](F)C6)nc4c3C)c12. The molecule has 5 heterocycles. The summed E-state index contributed by atoms with van der Waals surface area (Å²) in [7, 11) is 0. The molecule has 13 heteroatoms. The predicted octanol–water partition coefficient (Wildman–Crippen LogP) is 4.05. The molecule has 0 saturated carbocycles. The van der Waals surface area contributed by atoms with E-state index < -0.39 is 23.2 Å². The normalized spacial score (nSPS) is 21.1. The second-order valence-electron chi connectivity index (χ2n) is 12.3. The third kappa shape index (κ3) is 5.22. The van der Waals surface area contributed by atoms with Gasteiger partial charge in [-0.1, -0.05) is 12.0 Å². The van der Waals surface area contributed by atoms with Crippen molar-refractivity contribution in [1.29, 1.82) is 0 Å². The fourth-order valence-corrected chi connectivity index (χ4v) is 7.23. The molecule has 3 aliphatic rings. The van der Waals surface area contributed by atoms with Gasteiger partial charge in [0.25, 0.3) is 0 Å². The number of likely N-dealkylation sites (tertiary alicyclic amines) is 1. The number of phenolic OH excluding ortho intramolecular Hbond substituents is 1.